The monoisotopic (exact) mass is 729 g/mol. The van der Waals surface area contributed by atoms with Gasteiger partial charge in [0.1, 0.15) is 0 Å². The number of hydrogen-bond donors (Lipinski definition) is 4. The zero-order valence-corrected chi connectivity index (χ0v) is 31.6. The second-order valence-electron chi connectivity index (χ2n) is 17.0. The van der Waals surface area contributed by atoms with E-state index in [1.54, 1.807) is 30.5 Å². The van der Waals surface area contributed by atoms with E-state index in [2.05, 4.69) is 32.2 Å². The van der Waals surface area contributed by atoms with Crippen LogP contribution in [0.4, 0.5) is 5.69 Å². The Morgan fingerprint density at radius 2 is 1.83 bits per heavy atom. The normalized spacial score (nSPS) is 31.2. The molecule has 9 atom stereocenters. The largest absolute Gasteiger partial charge is 0.481 e. The number of para-hydroxylation sites is 1. The van der Waals surface area contributed by atoms with Crippen LogP contribution in [0.2, 0.25) is 0 Å². The number of aliphatic carboxylic acids is 1. The molecule has 1 amide bonds. The van der Waals surface area contributed by atoms with E-state index in [1.807, 2.05) is 12.1 Å². The van der Waals surface area contributed by atoms with Gasteiger partial charge in [-0.1, -0.05) is 56.7 Å². The van der Waals surface area contributed by atoms with E-state index < -0.39 is 22.0 Å². The number of aliphatic hydroxyl groups is 1. The van der Waals surface area contributed by atoms with Crippen LogP contribution in [0.3, 0.4) is 0 Å². The lowest BCUT2D eigenvalue weighted by Gasteiger charge is -2.58. The highest BCUT2D eigenvalue weighted by Gasteiger charge is 2.59. The lowest BCUT2D eigenvalue weighted by molar-refractivity contribution is -0.137. The van der Waals surface area contributed by atoms with Crippen molar-refractivity contribution in [2.75, 3.05) is 5.73 Å². The van der Waals surface area contributed by atoms with Gasteiger partial charge in [0.15, 0.2) is 0 Å². The Hall–Kier alpha value is -3.63. The number of anilines is 1. The van der Waals surface area contributed by atoms with Crippen LogP contribution in [0.5, 0.6) is 0 Å². The number of benzene rings is 2. The maximum absolute atomic E-state index is 13.7. The van der Waals surface area contributed by atoms with Crippen molar-refractivity contribution in [2.24, 2.45) is 40.4 Å². The van der Waals surface area contributed by atoms with E-state index in [9.17, 15) is 28.2 Å². The molecule has 7 rings (SSSR count). The van der Waals surface area contributed by atoms with E-state index in [-0.39, 0.29) is 40.6 Å². The van der Waals surface area contributed by atoms with Crippen LogP contribution in [0.25, 0.3) is 10.9 Å². The van der Waals surface area contributed by atoms with Gasteiger partial charge in [-0.05, 0) is 134 Å². The number of nitrogens with one attached hydrogen (secondary N) is 1. The summed E-state index contributed by atoms with van der Waals surface area (Å²) in [4.78, 5) is 25.5. The summed E-state index contributed by atoms with van der Waals surface area (Å²) in [7, 11) is -3.99. The van der Waals surface area contributed by atoms with Gasteiger partial charge in [-0.15, -0.1) is 0 Å². The minimum absolute atomic E-state index is 0.0590. The van der Waals surface area contributed by atoms with Crippen molar-refractivity contribution in [1.29, 1.82) is 0 Å². The second-order valence-corrected chi connectivity index (χ2v) is 18.8. The molecule has 0 bridgehead atoms. The van der Waals surface area contributed by atoms with Crippen LogP contribution in [-0.4, -0.2) is 46.6 Å². The number of aliphatic hydroxyl groups excluding tert-OH is 1. The highest BCUT2D eigenvalue weighted by Crippen LogP contribution is 2.67. The van der Waals surface area contributed by atoms with E-state index in [0.717, 1.165) is 32.1 Å². The maximum Gasteiger partial charge on any atom is 0.305 e. The number of carbonyl (C=O) groups excluding carboxylic acids is 1. The zero-order valence-electron chi connectivity index (χ0n) is 30.8. The van der Waals surface area contributed by atoms with Gasteiger partial charge in [-0.25, -0.2) is 12.4 Å². The van der Waals surface area contributed by atoms with Gasteiger partial charge in [0.2, 0.25) is 5.91 Å². The molecule has 1 aromatic heterocycles. The number of amides is 1. The lowest BCUT2D eigenvalue weighted by Crippen LogP contribution is -2.50. The van der Waals surface area contributed by atoms with Crippen LogP contribution in [0, 0.1) is 40.4 Å². The first kappa shape index (κ1) is 36.7. The van der Waals surface area contributed by atoms with Gasteiger partial charge < -0.3 is 21.3 Å². The Balaban J connectivity index is 1.02. The van der Waals surface area contributed by atoms with Gasteiger partial charge in [-0.3, -0.25) is 9.59 Å². The Labute approximate surface area is 308 Å². The zero-order chi connectivity index (χ0) is 37.0. The fourth-order valence-electron chi connectivity index (χ4n) is 11.5. The third-order valence-electron chi connectivity index (χ3n) is 14.1. The maximum atomic E-state index is 13.7. The molecule has 10 heteroatoms. The molecular weight excluding hydrogens is 675 g/mol. The number of carbonyl (C=O) groups is 2. The first-order valence-electron chi connectivity index (χ1n) is 19.3. The van der Waals surface area contributed by atoms with Crippen molar-refractivity contribution < 1.29 is 28.2 Å². The first-order chi connectivity index (χ1) is 24.7. The van der Waals surface area contributed by atoms with Crippen molar-refractivity contribution in [3.63, 3.8) is 0 Å². The molecule has 2 aromatic carbocycles. The van der Waals surface area contributed by atoms with Gasteiger partial charge in [0.25, 0.3) is 10.0 Å². The van der Waals surface area contributed by atoms with Gasteiger partial charge in [-0.2, -0.15) is 0 Å². The molecule has 5 N–H and O–H groups in total. The third-order valence-corrected chi connectivity index (χ3v) is 15.8. The van der Waals surface area contributed by atoms with Gasteiger partial charge in [0.05, 0.1) is 22.9 Å². The molecule has 0 spiro atoms. The molecule has 0 saturated heterocycles. The van der Waals surface area contributed by atoms with Crippen molar-refractivity contribution >= 4 is 38.5 Å². The van der Waals surface area contributed by atoms with Crippen molar-refractivity contribution in [1.82, 2.24) is 9.29 Å². The standard InChI is InChI=1S/C42H55N3O6S/c1-26(35-14-15-36-34-13-12-28-22-31(46)17-19-41(28,2)37(34)18-20-42(35,36)3)11-16-39(47)44-30(24-40(48)49)21-27-25-45(38-10-5-4-9-33(27)38)52(50,51)32-8-6-7-29(43)23-32/h4-10,12,23,25-26,30-31,34-37,46H,11,13-22,24,43H2,1-3H3,(H,44,47)(H,48,49)/t26-,30+,31+,34+,35-,36+,37+,41+,42-/m1/s1. The molecule has 52 heavy (non-hydrogen) atoms. The highest BCUT2D eigenvalue weighted by molar-refractivity contribution is 7.90. The highest BCUT2D eigenvalue weighted by atomic mass is 32.2. The number of allylic oxidation sites excluding steroid dienone is 1. The number of rotatable bonds is 11. The fraction of sp³-hybridized carbons (Fsp3) is 0.571. The second kappa shape index (κ2) is 14.0. The smallest absolute Gasteiger partial charge is 0.305 e. The molecule has 3 fully saturated rings. The van der Waals surface area contributed by atoms with Gasteiger partial charge >= 0.3 is 5.97 Å². The molecule has 1 heterocycles. The molecule has 3 aromatic rings. The number of nitrogens with zero attached hydrogens (tertiary/aromatic N) is 1. The average molecular weight is 730 g/mol. The summed E-state index contributed by atoms with van der Waals surface area (Å²) >= 11 is 0. The van der Waals surface area contributed by atoms with Crippen molar-refractivity contribution in [2.45, 2.75) is 115 Å². The Morgan fingerprint density at radius 3 is 2.60 bits per heavy atom. The van der Waals surface area contributed by atoms with Crippen LogP contribution in [0.1, 0.15) is 97.0 Å². The number of nitrogens with two attached hydrogens (primary N) is 1. The molecular formula is C42H55N3O6S. The summed E-state index contributed by atoms with van der Waals surface area (Å²) in [5.74, 6) is 1.76. The van der Waals surface area contributed by atoms with Crippen LogP contribution in [0.15, 0.2) is 71.3 Å². The Bertz CT molecular complexity index is 1990. The number of carboxylic acid groups (broad SMARTS) is 1. The van der Waals surface area contributed by atoms with Crippen LogP contribution >= 0.6 is 0 Å². The van der Waals surface area contributed by atoms with Crippen LogP contribution < -0.4 is 11.1 Å². The topological polar surface area (TPSA) is 152 Å². The number of nitrogen functional groups attached to an aromatic ring is 1. The summed E-state index contributed by atoms with van der Waals surface area (Å²) in [6, 6.07) is 12.6. The number of hydrogen-bond acceptors (Lipinski definition) is 6. The van der Waals surface area contributed by atoms with E-state index >= 15 is 0 Å². The predicted molar refractivity (Wildman–Crippen MR) is 203 cm³/mol. The molecule has 0 unspecified atom stereocenters. The SMILES string of the molecule is C[C@H](CCC(=O)N[C@H](CC(=O)O)Cc1cn(S(=O)(=O)c2cccc(N)c2)c2ccccc12)[C@H]1CC[C@H]2[C@@H]3CC=C4C[C@@H](O)CC[C@]4(C)[C@H]3CC[C@]12C. The Kier molecular flexibility index (Phi) is 9.87. The number of aromatic nitrogens is 1. The predicted octanol–water partition coefficient (Wildman–Crippen LogP) is 7.32. The molecule has 3 saturated carbocycles. The minimum Gasteiger partial charge on any atom is -0.481 e. The van der Waals surface area contributed by atoms with E-state index in [1.165, 1.54) is 47.4 Å². The summed E-state index contributed by atoms with van der Waals surface area (Å²) < 4.78 is 28.6. The third kappa shape index (κ3) is 6.59. The van der Waals surface area contributed by atoms with Crippen LogP contribution in [-0.2, 0) is 26.0 Å². The molecule has 0 aliphatic heterocycles. The molecule has 280 valence electrons. The summed E-state index contributed by atoms with van der Waals surface area (Å²) in [6.07, 6.45) is 13.6. The number of fused-ring (bicyclic) bond motifs is 6. The summed E-state index contributed by atoms with van der Waals surface area (Å²) in [5, 5.41) is 23.9. The first-order valence-corrected chi connectivity index (χ1v) is 20.7. The van der Waals surface area contributed by atoms with E-state index in [0.29, 0.717) is 58.2 Å². The minimum atomic E-state index is -3.99. The summed E-state index contributed by atoms with van der Waals surface area (Å²) in [6.45, 7) is 7.28. The molecule has 0 radical (unpaired) electrons. The fourth-order valence-corrected chi connectivity index (χ4v) is 12.9. The molecule has 4 aliphatic rings. The Morgan fingerprint density at radius 1 is 1.04 bits per heavy atom. The van der Waals surface area contributed by atoms with Crippen molar-refractivity contribution in [3.05, 3.63) is 71.9 Å². The van der Waals surface area contributed by atoms with E-state index in [4.69, 9.17) is 5.73 Å². The average Bonchev–Trinajstić information content (AvgIpc) is 3.65. The quantitative estimate of drug-likeness (QED) is 0.119. The molecule has 9 nitrogen and oxygen atoms in total. The van der Waals surface area contributed by atoms with Crippen molar-refractivity contribution in [3.8, 4) is 0 Å². The summed E-state index contributed by atoms with van der Waals surface area (Å²) in [5.41, 5.74) is 9.32. The number of carboxylic acids is 1. The molecule has 4 aliphatic carbocycles. The lowest BCUT2D eigenvalue weighted by atomic mass is 9.47. The van der Waals surface area contributed by atoms with Gasteiger partial charge in [0, 0.05) is 29.7 Å².